The molecule has 1 aromatic rings. The van der Waals surface area contributed by atoms with Gasteiger partial charge >= 0.3 is 0 Å². The molecule has 3 rings (SSSR count). The lowest BCUT2D eigenvalue weighted by Crippen LogP contribution is -2.45. The van der Waals surface area contributed by atoms with Crippen molar-refractivity contribution < 1.29 is 9.59 Å². The Balaban J connectivity index is 1.47. The zero-order chi connectivity index (χ0) is 17.6. The summed E-state index contributed by atoms with van der Waals surface area (Å²) in [5.74, 6) is 0.661. The third kappa shape index (κ3) is 5.30. The quantitative estimate of drug-likeness (QED) is 0.826. The number of carbonyl (C=O) groups excluding carboxylic acids is 2. The highest BCUT2D eigenvalue weighted by Crippen LogP contribution is 2.28. The number of benzene rings is 1. The number of hydrogen-bond donors (Lipinski definition) is 2. The van der Waals surface area contributed by atoms with Crippen LogP contribution in [0.15, 0.2) is 24.3 Å². The number of amides is 2. The Morgan fingerprint density at radius 2 is 2.12 bits per heavy atom. The summed E-state index contributed by atoms with van der Waals surface area (Å²) in [4.78, 5) is 26.5. The van der Waals surface area contributed by atoms with Gasteiger partial charge in [-0.2, -0.15) is 5.26 Å². The predicted octanol–water partition coefficient (Wildman–Crippen LogP) is 1.73. The van der Waals surface area contributed by atoms with E-state index in [1.54, 1.807) is 24.3 Å². The molecule has 0 radical (unpaired) electrons. The molecule has 2 fully saturated rings. The van der Waals surface area contributed by atoms with Crippen LogP contribution in [0, 0.1) is 23.2 Å². The zero-order valence-electron chi connectivity index (χ0n) is 14.3. The maximum Gasteiger partial charge on any atom is 0.238 e. The van der Waals surface area contributed by atoms with E-state index in [2.05, 4.69) is 16.7 Å². The summed E-state index contributed by atoms with van der Waals surface area (Å²) in [5, 5.41) is 14.8. The zero-order valence-corrected chi connectivity index (χ0v) is 14.3. The van der Waals surface area contributed by atoms with Gasteiger partial charge in [-0.25, -0.2) is 0 Å². The Labute approximate surface area is 148 Å². The third-order valence-electron chi connectivity index (χ3n) is 4.78. The van der Waals surface area contributed by atoms with Gasteiger partial charge in [-0.3, -0.25) is 14.5 Å². The first kappa shape index (κ1) is 17.4. The molecule has 0 spiro atoms. The van der Waals surface area contributed by atoms with E-state index in [9.17, 15) is 9.59 Å². The lowest BCUT2D eigenvalue weighted by molar-refractivity contribution is -0.128. The second-order valence-electron chi connectivity index (χ2n) is 7.00. The Hall–Kier alpha value is -2.39. The first-order chi connectivity index (χ1) is 12.1. The van der Waals surface area contributed by atoms with Crippen LogP contribution in [0.3, 0.4) is 0 Å². The molecule has 1 saturated carbocycles. The molecule has 2 N–H and O–H groups in total. The van der Waals surface area contributed by atoms with Crippen molar-refractivity contribution in [1.29, 1.82) is 5.26 Å². The fraction of sp³-hybridized carbons (Fsp3) is 0.526. The summed E-state index contributed by atoms with van der Waals surface area (Å²) in [6.07, 6.45) is 4.27. The molecule has 2 aliphatic rings. The number of nitrogens with zero attached hydrogens (tertiary/aromatic N) is 2. The highest BCUT2D eigenvalue weighted by molar-refractivity contribution is 5.92. The van der Waals surface area contributed by atoms with Crippen molar-refractivity contribution in [3.63, 3.8) is 0 Å². The molecule has 132 valence electrons. The van der Waals surface area contributed by atoms with Gasteiger partial charge < -0.3 is 10.6 Å². The second kappa shape index (κ2) is 8.13. The molecule has 6 heteroatoms. The molecule has 0 bridgehead atoms. The first-order valence-electron chi connectivity index (χ1n) is 8.94. The molecule has 1 unspecified atom stereocenters. The van der Waals surface area contributed by atoms with Crippen molar-refractivity contribution in [3.8, 4) is 6.07 Å². The summed E-state index contributed by atoms with van der Waals surface area (Å²) in [6.45, 7) is 2.52. The molecule has 1 aliphatic carbocycles. The predicted molar refractivity (Wildman–Crippen MR) is 94.7 cm³/mol. The molecular weight excluding hydrogens is 316 g/mol. The van der Waals surface area contributed by atoms with Crippen molar-refractivity contribution in [2.45, 2.75) is 25.7 Å². The van der Waals surface area contributed by atoms with Gasteiger partial charge in [0.25, 0.3) is 0 Å². The van der Waals surface area contributed by atoms with E-state index >= 15 is 0 Å². The summed E-state index contributed by atoms with van der Waals surface area (Å²) >= 11 is 0. The van der Waals surface area contributed by atoms with Crippen molar-refractivity contribution in [2.24, 2.45) is 11.8 Å². The fourth-order valence-corrected chi connectivity index (χ4v) is 3.19. The smallest absolute Gasteiger partial charge is 0.238 e. The van der Waals surface area contributed by atoms with Crippen LogP contribution in [0.2, 0.25) is 0 Å². The highest BCUT2D eigenvalue weighted by Gasteiger charge is 2.28. The van der Waals surface area contributed by atoms with E-state index in [1.165, 1.54) is 12.8 Å². The van der Waals surface area contributed by atoms with Crippen LogP contribution in [-0.2, 0) is 9.59 Å². The Kier molecular flexibility index (Phi) is 5.67. The van der Waals surface area contributed by atoms with E-state index < -0.39 is 0 Å². The lowest BCUT2D eigenvalue weighted by Gasteiger charge is -2.31. The molecule has 1 aromatic carbocycles. The van der Waals surface area contributed by atoms with Crippen LogP contribution in [-0.4, -0.2) is 42.9 Å². The Bertz CT molecular complexity index is 678. The number of anilines is 1. The molecule has 1 saturated heterocycles. The average molecular weight is 340 g/mol. The Morgan fingerprint density at radius 3 is 2.88 bits per heavy atom. The monoisotopic (exact) mass is 340 g/mol. The minimum Gasteiger partial charge on any atom is -0.356 e. The number of nitriles is 1. The number of piperidine rings is 1. The van der Waals surface area contributed by atoms with Crippen molar-refractivity contribution in [2.75, 3.05) is 31.5 Å². The standard InChI is InChI=1S/C19H24N4O2/c20-10-15-3-1-5-17(9-15)22-18(24)13-23-8-2-4-16(12-23)19(25)21-11-14-6-7-14/h1,3,5,9,14,16H,2,4,6-8,11-13H2,(H,21,25)(H,22,24). The topological polar surface area (TPSA) is 85.2 Å². The third-order valence-corrected chi connectivity index (χ3v) is 4.78. The minimum atomic E-state index is -0.117. The minimum absolute atomic E-state index is 0.0257. The van der Waals surface area contributed by atoms with Crippen LogP contribution in [0.25, 0.3) is 0 Å². The van der Waals surface area contributed by atoms with Gasteiger partial charge in [0.15, 0.2) is 0 Å². The van der Waals surface area contributed by atoms with E-state index in [0.29, 0.717) is 23.7 Å². The van der Waals surface area contributed by atoms with Crippen LogP contribution >= 0.6 is 0 Å². The lowest BCUT2D eigenvalue weighted by atomic mass is 9.97. The normalized spacial score (nSPS) is 20.5. The molecule has 6 nitrogen and oxygen atoms in total. The van der Waals surface area contributed by atoms with Gasteiger partial charge in [0, 0.05) is 18.8 Å². The number of nitrogens with one attached hydrogen (secondary N) is 2. The van der Waals surface area contributed by atoms with E-state index in [4.69, 9.17) is 5.26 Å². The number of rotatable bonds is 6. The van der Waals surface area contributed by atoms with E-state index in [1.807, 2.05) is 4.90 Å². The number of hydrogen-bond acceptors (Lipinski definition) is 4. The molecule has 1 aliphatic heterocycles. The van der Waals surface area contributed by atoms with Crippen LogP contribution in [0.4, 0.5) is 5.69 Å². The van der Waals surface area contributed by atoms with Gasteiger partial charge in [0.05, 0.1) is 24.1 Å². The maximum absolute atomic E-state index is 12.3. The first-order valence-corrected chi connectivity index (χ1v) is 8.94. The molecule has 0 aromatic heterocycles. The number of carbonyl (C=O) groups is 2. The molecular formula is C19H24N4O2. The van der Waals surface area contributed by atoms with Crippen LogP contribution < -0.4 is 10.6 Å². The molecule has 2 amide bonds. The van der Waals surface area contributed by atoms with Crippen molar-refractivity contribution >= 4 is 17.5 Å². The summed E-state index contributed by atoms with van der Waals surface area (Å²) in [6, 6.07) is 8.93. The molecule has 25 heavy (non-hydrogen) atoms. The van der Waals surface area contributed by atoms with E-state index in [-0.39, 0.29) is 24.3 Å². The van der Waals surface area contributed by atoms with E-state index in [0.717, 1.165) is 25.9 Å². The van der Waals surface area contributed by atoms with Crippen LogP contribution in [0.1, 0.15) is 31.2 Å². The average Bonchev–Trinajstić information content (AvgIpc) is 3.44. The maximum atomic E-state index is 12.3. The Morgan fingerprint density at radius 1 is 1.28 bits per heavy atom. The molecule has 1 heterocycles. The fourth-order valence-electron chi connectivity index (χ4n) is 3.19. The van der Waals surface area contributed by atoms with Crippen molar-refractivity contribution in [1.82, 2.24) is 10.2 Å². The summed E-state index contributed by atoms with van der Waals surface area (Å²) < 4.78 is 0. The van der Waals surface area contributed by atoms with Gasteiger partial charge in [0.2, 0.25) is 11.8 Å². The van der Waals surface area contributed by atoms with Gasteiger partial charge in [-0.1, -0.05) is 6.07 Å². The largest absolute Gasteiger partial charge is 0.356 e. The van der Waals surface area contributed by atoms with Gasteiger partial charge in [-0.05, 0) is 56.3 Å². The van der Waals surface area contributed by atoms with Crippen molar-refractivity contribution in [3.05, 3.63) is 29.8 Å². The van der Waals surface area contributed by atoms with Gasteiger partial charge in [-0.15, -0.1) is 0 Å². The highest BCUT2D eigenvalue weighted by atomic mass is 16.2. The summed E-state index contributed by atoms with van der Waals surface area (Å²) in [5.41, 5.74) is 1.14. The number of likely N-dealkylation sites (tertiary alicyclic amines) is 1. The SMILES string of the molecule is N#Cc1cccc(NC(=O)CN2CCCC(C(=O)NCC3CC3)C2)c1. The van der Waals surface area contributed by atoms with Crippen LogP contribution in [0.5, 0.6) is 0 Å². The molecule has 1 atom stereocenters. The summed E-state index contributed by atoms with van der Waals surface area (Å²) in [7, 11) is 0. The second-order valence-corrected chi connectivity index (χ2v) is 7.00. The van der Waals surface area contributed by atoms with Gasteiger partial charge in [0.1, 0.15) is 0 Å².